The van der Waals surface area contributed by atoms with Gasteiger partial charge >= 0.3 is 0 Å². The molecule has 3 amide bonds. The summed E-state index contributed by atoms with van der Waals surface area (Å²) in [6, 6.07) is 5.07. The van der Waals surface area contributed by atoms with Crippen molar-refractivity contribution in [3.63, 3.8) is 0 Å². The SMILES string of the molecule is COc1cc(NC(=O)CCN2C(=O)C3CCCCC3C2=O)cc(OC)c1. The Bertz CT molecular complexity index is 672. The van der Waals surface area contributed by atoms with E-state index >= 15 is 0 Å². The number of hydrogen-bond acceptors (Lipinski definition) is 5. The number of amides is 3. The van der Waals surface area contributed by atoms with Crippen LogP contribution in [0.1, 0.15) is 32.1 Å². The second kappa shape index (κ2) is 7.76. The van der Waals surface area contributed by atoms with Gasteiger partial charge in [-0.25, -0.2) is 0 Å². The molecule has 2 aliphatic rings. The normalized spacial score (nSPS) is 22.2. The molecule has 1 N–H and O–H groups in total. The summed E-state index contributed by atoms with van der Waals surface area (Å²) < 4.78 is 10.3. The quantitative estimate of drug-likeness (QED) is 0.786. The lowest BCUT2D eigenvalue weighted by atomic mass is 9.81. The first-order valence-electron chi connectivity index (χ1n) is 8.91. The third-order valence-electron chi connectivity index (χ3n) is 5.13. The lowest BCUT2D eigenvalue weighted by Gasteiger charge is -2.19. The van der Waals surface area contributed by atoms with Gasteiger partial charge in [-0.3, -0.25) is 19.3 Å². The van der Waals surface area contributed by atoms with Gasteiger partial charge in [0.2, 0.25) is 17.7 Å². The van der Waals surface area contributed by atoms with Crippen LogP contribution in [-0.2, 0) is 14.4 Å². The topological polar surface area (TPSA) is 84.9 Å². The Morgan fingerprint density at radius 2 is 1.58 bits per heavy atom. The number of nitrogens with one attached hydrogen (secondary N) is 1. The van der Waals surface area contributed by atoms with Crippen LogP contribution in [0.25, 0.3) is 0 Å². The fraction of sp³-hybridized carbons (Fsp3) is 0.526. The molecule has 2 unspecified atom stereocenters. The predicted molar refractivity (Wildman–Crippen MR) is 95.0 cm³/mol. The van der Waals surface area contributed by atoms with Crippen molar-refractivity contribution in [1.29, 1.82) is 0 Å². The molecule has 1 aliphatic heterocycles. The Morgan fingerprint density at radius 3 is 2.08 bits per heavy atom. The number of fused-ring (bicyclic) bond motifs is 1. The molecule has 0 bridgehead atoms. The monoisotopic (exact) mass is 360 g/mol. The number of carbonyl (C=O) groups is 3. The van der Waals surface area contributed by atoms with Crippen LogP contribution in [0, 0.1) is 11.8 Å². The van der Waals surface area contributed by atoms with Crippen LogP contribution in [0.2, 0.25) is 0 Å². The molecule has 0 radical (unpaired) electrons. The summed E-state index contributed by atoms with van der Waals surface area (Å²) in [6.07, 6.45) is 3.61. The van der Waals surface area contributed by atoms with E-state index < -0.39 is 0 Å². The highest BCUT2D eigenvalue weighted by Gasteiger charge is 2.47. The number of benzene rings is 1. The summed E-state index contributed by atoms with van der Waals surface area (Å²) in [5, 5.41) is 2.76. The first-order valence-corrected chi connectivity index (χ1v) is 8.91. The number of nitrogens with zero attached hydrogens (tertiary/aromatic N) is 1. The number of hydrogen-bond donors (Lipinski definition) is 1. The van der Waals surface area contributed by atoms with Crippen molar-refractivity contribution in [2.75, 3.05) is 26.1 Å². The fourth-order valence-corrected chi connectivity index (χ4v) is 3.77. The lowest BCUT2D eigenvalue weighted by molar-refractivity contribution is -0.140. The van der Waals surface area contributed by atoms with E-state index in [-0.39, 0.29) is 42.5 Å². The summed E-state index contributed by atoms with van der Waals surface area (Å²) in [4.78, 5) is 38.4. The summed E-state index contributed by atoms with van der Waals surface area (Å²) in [5.41, 5.74) is 0.541. The van der Waals surface area contributed by atoms with Crippen molar-refractivity contribution in [2.24, 2.45) is 11.8 Å². The number of methoxy groups -OCH3 is 2. The molecule has 7 heteroatoms. The van der Waals surface area contributed by atoms with E-state index in [2.05, 4.69) is 5.32 Å². The highest BCUT2D eigenvalue weighted by atomic mass is 16.5. The first kappa shape index (κ1) is 18.2. The van der Waals surface area contributed by atoms with Crippen LogP contribution >= 0.6 is 0 Å². The van der Waals surface area contributed by atoms with Gasteiger partial charge in [-0.05, 0) is 12.8 Å². The number of imide groups is 1. The number of anilines is 1. The molecule has 1 aromatic carbocycles. The molecule has 1 heterocycles. The number of carbonyl (C=O) groups excluding carboxylic acids is 3. The standard InChI is InChI=1S/C19H24N2O5/c1-25-13-9-12(10-14(11-13)26-2)20-17(22)7-8-21-18(23)15-5-3-4-6-16(15)19(21)24/h9-11,15-16H,3-8H2,1-2H3,(H,20,22). The summed E-state index contributed by atoms with van der Waals surface area (Å²) in [7, 11) is 3.06. The van der Waals surface area contributed by atoms with E-state index in [0.717, 1.165) is 25.7 Å². The maximum atomic E-state index is 12.4. The minimum absolute atomic E-state index is 0.0659. The van der Waals surface area contributed by atoms with Crippen LogP contribution in [0.4, 0.5) is 5.69 Å². The largest absolute Gasteiger partial charge is 0.497 e. The maximum absolute atomic E-state index is 12.4. The summed E-state index contributed by atoms with van der Waals surface area (Å²) in [5.74, 6) is 0.271. The molecule has 1 aliphatic carbocycles. The first-order chi connectivity index (χ1) is 12.5. The highest BCUT2D eigenvalue weighted by Crippen LogP contribution is 2.38. The Labute approximate surface area is 152 Å². The molecule has 26 heavy (non-hydrogen) atoms. The second-order valence-electron chi connectivity index (χ2n) is 6.73. The van der Waals surface area contributed by atoms with Gasteiger partial charge in [0.15, 0.2) is 0 Å². The van der Waals surface area contributed by atoms with Crippen molar-refractivity contribution >= 4 is 23.4 Å². The van der Waals surface area contributed by atoms with E-state index in [9.17, 15) is 14.4 Å². The van der Waals surface area contributed by atoms with Crippen molar-refractivity contribution in [3.05, 3.63) is 18.2 Å². The zero-order valence-electron chi connectivity index (χ0n) is 15.1. The minimum atomic E-state index is -0.268. The van der Waals surface area contributed by atoms with Gasteiger partial charge in [0.05, 0.1) is 26.1 Å². The average molecular weight is 360 g/mol. The van der Waals surface area contributed by atoms with E-state index in [1.807, 2.05) is 0 Å². The van der Waals surface area contributed by atoms with Crippen molar-refractivity contribution in [1.82, 2.24) is 4.90 Å². The van der Waals surface area contributed by atoms with Gasteiger partial charge in [-0.2, -0.15) is 0 Å². The van der Waals surface area contributed by atoms with Crippen molar-refractivity contribution in [3.8, 4) is 11.5 Å². The molecule has 7 nitrogen and oxygen atoms in total. The zero-order valence-corrected chi connectivity index (χ0v) is 15.1. The van der Waals surface area contributed by atoms with Gasteiger partial charge in [0, 0.05) is 36.9 Å². The maximum Gasteiger partial charge on any atom is 0.233 e. The Kier molecular flexibility index (Phi) is 5.44. The van der Waals surface area contributed by atoms with E-state index in [1.54, 1.807) is 18.2 Å². The Hall–Kier alpha value is -2.57. The third kappa shape index (κ3) is 3.66. The van der Waals surface area contributed by atoms with E-state index in [1.165, 1.54) is 19.1 Å². The molecule has 0 aromatic heterocycles. The molecule has 1 aromatic rings. The van der Waals surface area contributed by atoms with Gasteiger partial charge in [-0.1, -0.05) is 12.8 Å². The molecule has 2 atom stereocenters. The molecular weight excluding hydrogens is 336 g/mol. The molecule has 1 saturated carbocycles. The molecular formula is C19H24N2O5. The molecule has 1 saturated heterocycles. The Morgan fingerprint density at radius 1 is 1.04 bits per heavy atom. The van der Waals surface area contributed by atoms with Gasteiger partial charge in [-0.15, -0.1) is 0 Å². The third-order valence-corrected chi connectivity index (χ3v) is 5.13. The predicted octanol–water partition coefficient (Wildman–Crippen LogP) is 2.21. The van der Waals surface area contributed by atoms with Gasteiger partial charge in [0.1, 0.15) is 11.5 Å². The lowest BCUT2D eigenvalue weighted by Crippen LogP contribution is -2.34. The Balaban J connectivity index is 1.59. The summed E-state index contributed by atoms with van der Waals surface area (Å²) >= 11 is 0. The second-order valence-corrected chi connectivity index (χ2v) is 6.73. The van der Waals surface area contributed by atoms with Crippen LogP contribution in [0.15, 0.2) is 18.2 Å². The van der Waals surface area contributed by atoms with Crippen LogP contribution < -0.4 is 14.8 Å². The molecule has 2 fully saturated rings. The summed E-state index contributed by atoms with van der Waals surface area (Å²) in [6.45, 7) is 0.123. The smallest absolute Gasteiger partial charge is 0.233 e. The van der Waals surface area contributed by atoms with Crippen LogP contribution in [0.5, 0.6) is 11.5 Å². The average Bonchev–Trinajstić information content (AvgIpc) is 2.90. The minimum Gasteiger partial charge on any atom is -0.497 e. The van der Waals surface area contributed by atoms with E-state index in [0.29, 0.717) is 17.2 Å². The van der Waals surface area contributed by atoms with Gasteiger partial charge < -0.3 is 14.8 Å². The zero-order chi connectivity index (χ0) is 18.7. The number of ether oxygens (including phenoxy) is 2. The van der Waals surface area contributed by atoms with Crippen LogP contribution in [-0.4, -0.2) is 43.4 Å². The fourth-order valence-electron chi connectivity index (χ4n) is 3.77. The molecule has 0 spiro atoms. The van der Waals surface area contributed by atoms with Crippen molar-refractivity contribution in [2.45, 2.75) is 32.1 Å². The number of rotatable bonds is 6. The van der Waals surface area contributed by atoms with Crippen molar-refractivity contribution < 1.29 is 23.9 Å². The van der Waals surface area contributed by atoms with Crippen LogP contribution in [0.3, 0.4) is 0 Å². The highest BCUT2D eigenvalue weighted by molar-refractivity contribution is 6.05. The molecule has 140 valence electrons. The molecule has 3 rings (SSSR count). The van der Waals surface area contributed by atoms with E-state index in [4.69, 9.17) is 9.47 Å². The van der Waals surface area contributed by atoms with Gasteiger partial charge in [0.25, 0.3) is 0 Å². The number of likely N-dealkylation sites (tertiary alicyclic amines) is 1.